The molecule has 1 aliphatic heterocycles. The predicted octanol–water partition coefficient (Wildman–Crippen LogP) is 4.28. The summed E-state index contributed by atoms with van der Waals surface area (Å²) in [5.74, 6) is -0.203. The van der Waals surface area contributed by atoms with Crippen molar-refractivity contribution >= 4 is 40.6 Å². The predicted molar refractivity (Wildman–Crippen MR) is 109 cm³/mol. The van der Waals surface area contributed by atoms with Crippen molar-refractivity contribution in [3.63, 3.8) is 0 Å². The molecular formula is C21H21Cl2NO4. The molecule has 7 heteroatoms. The average molecular weight is 422 g/mol. The van der Waals surface area contributed by atoms with Gasteiger partial charge in [-0.3, -0.25) is 9.59 Å². The van der Waals surface area contributed by atoms with E-state index in [1.165, 1.54) is 6.92 Å². The SMILES string of the molecule is CC(=O)C[C@@]1(O)C(=O)N(CCCOc2ccc(Cl)cc2Cl)c2c(C)cccc21. The molecule has 0 saturated carbocycles. The molecule has 0 aromatic heterocycles. The van der Waals surface area contributed by atoms with Crippen LogP contribution in [0.2, 0.25) is 10.0 Å². The molecule has 2 aromatic carbocycles. The van der Waals surface area contributed by atoms with Crippen LogP contribution < -0.4 is 9.64 Å². The number of aliphatic hydroxyl groups is 1. The van der Waals surface area contributed by atoms with Gasteiger partial charge in [0.25, 0.3) is 5.91 Å². The molecule has 1 atom stereocenters. The average Bonchev–Trinajstić information content (AvgIpc) is 2.82. The lowest BCUT2D eigenvalue weighted by Gasteiger charge is -2.22. The molecule has 5 nitrogen and oxygen atoms in total. The third-order valence-corrected chi connectivity index (χ3v) is 5.26. The van der Waals surface area contributed by atoms with Crippen LogP contribution in [-0.4, -0.2) is 29.9 Å². The van der Waals surface area contributed by atoms with Gasteiger partial charge in [0.1, 0.15) is 11.5 Å². The van der Waals surface area contributed by atoms with E-state index in [4.69, 9.17) is 27.9 Å². The lowest BCUT2D eigenvalue weighted by atomic mass is 9.89. The normalized spacial score (nSPS) is 18.3. The standard InChI is InChI=1S/C21H21Cl2NO4/c1-13-5-3-6-16-19(13)24(20(26)21(16,27)12-14(2)25)9-4-10-28-18-8-7-15(22)11-17(18)23/h3,5-8,11,27H,4,9-10,12H2,1-2H3/t21-/m0/s1. The number of aryl methyl sites for hydroxylation is 1. The molecule has 1 heterocycles. The molecule has 28 heavy (non-hydrogen) atoms. The minimum atomic E-state index is -1.81. The first kappa shape index (κ1) is 20.6. The number of para-hydroxylation sites is 1. The van der Waals surface area contributed by atoms with E-state index in [1.807, 2.05) is 13.0 Å². The highest BCUT2D eigenvalue weighted by Gasteiger charge is 2.50. The fraction of sp³-hybridized carbons (Fsp3) is 0.333. The summed E-state index contributed by atoms with van der Waals surface area (Å²) in [7, 11) is 0. The van der Waals surface area contributed by atoms with E-state index in [9.17, 15) is 14.7 Å². The van der Waals surface area contributed by atoms with Crippen LogP contribution in [0.15, 0.2) is 36.4 Å². The van der Waals surface area contributed by atoms with Crippen molar-refractivity contribution < 1.29 is 19.4 Å². The molecule has 0 saturated heterocycles. The third kappa shape index (κ3) is 3.88. The van der Waals surface area contributed by atoms with E-state index in [1.54, 1.807) is 35.2 Å². The van der Waals surface area contributed by atoms with Crippen LogP contribution in [0.1, 0.15) is 30.9 Å². The van der Waals surface area contributed by atoms with Crippen molar-refractivity contribution in [2.75, 3.05) is 18.1 Å². The molecule has 1 amide bonds. The minimum Gasteiger partial charge on any atom is -0.492 e. The Morgan fingerprint density at radius 3 is 2.68 bits per heavy atom. The fourth-order valence-electron chi connectivity index (χ4n) is 3.53. The van der Waals surface area contributed by atoms with Gasteiger partial charge in [0.05, 0.1) is 17.3 Å². The van der Waals surface area contributed by atoms with E-state index >= 15 is 0 Å². The van der Waals surface area contributed by atoms with Crippen molar-refractivity contribution in [1.29, 1.82) is 0 Å². The molecule has 148 valence electrons. The second-order valence-electron chi connectivity index (χ2n) is 6.94. The molecular weight excluding hydrogens is 401 g/mol. The molecule has 2 aromatic rings. The van der Waals surface area contributed by atoms with Gasteiger partial charge in [0.2, 0.25) is 0 Å². The van der Waals surface area contributed by atoms with Gasteiger partial charge in [-0.25, -0.2) is 0 Å². The van der Waals surface area contributed by atoms with Crippen LogP contribution in [0.4, 0.5) is 5.69 Å². The maximum atomic E-state index is 13.0. The van der Waals surface area contributed by atoms with E-state index in [0.29, 0.717) is 46.6 Å². The zero-order chi connectivity index (χ0) is 20.5. The lowest BCUT2D eigenvalue weighted by molar-refractivity contribution is -0.141. The summed E-state index contributed by atoms with van der Waals surface area (Å²) < 4.78 is 5.68. The highest BCUT2D eigenvalue weighted by molar-refractivity contribution is 6.35. The zero-order valence-electron chi connectivity index (χ0n) is 15.7. The molecule has 3 rings (SSSR count). The van der Waals surface area contributed by atoms with Crippen LogP contribution in [0.3, 0.4) is 0 Å². The van der Waals surface area contributed by atoms with Gasteiger partial charge >= 0.3 is 0 Å². The Hall–Kier alpha value is -2.08. The molecule has 0 unspecified atom stereocenters. The summed E-state index contributed by atoms with van der Waals surface area (Å²) in [5, 5.41) is 11.9. The summed E-state index contributed by atoms with van der Waals surface area (Å²) in [4.78, 5) is 26.2. The van der Waals surface area contributed by atoms with Crippen LogP contribution in [-0.2, 0) is 15.2 Å². The highest BCUT2D eigenvalue weighted by Crippen LogP contribution is 2.44. The maximum absolute atomic E-state index is 13.0. The summed E-state index contributed by atoms with van der Waals surface area (Å²) in [5.41, 5.74) is 0.204. The number of hydrogen-bond donors (Lipinski definition) is 1. The Morgan fingerprint density at radius 1 is 1.25 bits per heavy atom. The van der Waals surface area contributed by atoms with Crippen LogP contribution in [0, 0.1) is 6.92 Å². The van der Waals surface area contributed by atoms with Crippen LogP contribution in [0.25, 0.3) is 0 Å². The van der Waals surface area contributed by atoms with Crippen molar-refractivity contribution in [3.8, 4) is 5.75 Å². The van der Waals surface area contributed by atoms with Gasteiger partial charge < -0.3 is 14.7 Å². The van der Waals surface area contributed by atoms with Gasteiger partial charge in [-0.05, 0) is 44.0 Å². The highest BCUT2D eigenvalue weighted by atomic mass is 35.5. The third-order valence-electron chi connectivity index (χ3n) is 4.73. The molecule has 0 fully saturated rings. The van der Waals surface area contributed by atoms with Gasteiger partial charge in [0.15, 0.2) is 5.60 Å². The first-order chi connectivity index (χ1) is 13.2. The number of rotatable bonds is 7. The number of amides is 1. The second-order valence-corrected chi connectivity index (χ2v) is 7.79. The molecule has 0 bridgehead atoms. The Balaban J connectivity index is 1.73. The number of Topliss-reactive ketones (excluding diaryl/α,β-unsaturated/α-hetero) is 1. The Bertz CT molecular complexity index is 931. The summed E-state index contributed by atoms with van der Waals surface area (Å²) in [6.07, 6.45) is 0.282. The number of carbonyl (C=O) groups excluding carboxylic acids is 2. The monoisotopic (exact) mass is 421 g/mol. The summed E-state index contributed by atoms with van der Waals surface area (Å²) in [6, 6.07) is 10.3. The number of hydrogen-bond acceptors (Lipinski definition) is 4. The number of halogens is 2. The zero-order valence-corrected chi connectivity index (χ0v) is 17.2. The molecule has 1 N–H and O–H groups in total. The lowest BCUT2D eigenvalue weighted by Crippen LogP contribution is -2.42. The number of anilines is 1. The molecule has 0 aliphatic carbocycles. The van der Waals surface area contributed by atoms with Gasteiger partial charge in [-0.15, -0.1) is 0 Å². The first-order valence-electron chi connectivity index (χ1n) is 8.96. The van der Waals surface area contributed by atoms with Gasteiger partial charge in [0, 0.05) is 23.6 Å². The topological polar surface area (TPSA) is 66.8 Å². The largest absolute Gasteiger partial charge is 0.492 e. The number of ether oxygens (including phenoxy) is 1. The number of carbonyl (C=O) groups is 2. The van der Waals surface area contributed by atoms with Crippen LogP contribution >= 0.6 is 23.2 Å². The van der Waals surface area contributed by atoms with E-state index in [0.717, 1.165) is 5.56 Å². The van der Waals surface area contributed by atoms with Crippen molar-refractivity contribution in [2.45, 2.75) is 32.3 Å². The Labute approximate surface area is 173 Å². The fourth-order valence-corrected chi connectivity index (χ4v) is 4.00. The molecule has 0 radical (unpaired) electrons. The van der Waals surface area contributed by atoms with Crippen molar-refractivity contribution in [2.24, 2.45) is 0 Å². The first-order valence-corrected chi connectivity index (χ1v) is 9.71. The molecule has 0 spiro atoms. The van der Waals surface area contributed by atoms with Crippen LogP contribution in [0.5, 0.6) is 5.75 Å². The van der Waals surface area contributed by atoms with Gasteiger partial charge in [-0.2, -0.15) is 0 Å². The molecule has 1 aliphatic rings. The van der Waals surface area contributed by atoms with E-state index in [-0.39, 0.29) is 12.2 Å². The van der Waals surface area contributed by atoms with E-state index < -0.39 is 11.5 Å². The second kappa shape index (κ2) is 8.11. The number of nitrogens with zero attached hydrogens (tertiary/aromatic N) is 1. The number of ketones is 1. The smallest absolute Gasteiger partial charge is 0.264 e. The minimum absolute atomic E-state index is 0.240. The number of fused-ring (bicyclic) bond motifs is 1. The Kier molecular flexibility index (Phi) is 5.98. The Morgan fingerprint density at radius 2 is 2.00 bits per heavy atom. The number of benzene rings is 2. The summed E-state index contributed by atoms with van der Waals surface area (Å²) in [6.45, 7) is 3.93. The van der Waals surface area contributed by atoms with E-state index in [2.05, 4.69) is 0 Å². The van der Waals surface area contributed by atoms with Crippen molar-refractivity contribution in [3.05, 3.63) is 57.6 Å². The maximum Gasteiger partial charge on any atom is 0.264 e. The summed E-state index contributed by atoms with van der Waals surface area (Å²) >= 11 is 12.0. The van der Waals surface area contributed by atoms with Gasteiger partial charge in [-0.1, -0.05) is 41.4 Å². The van der Waals surface area contributed by atoms with Crippen molar-refractivity contribution in [1.82, 2.24) is 0 Å². The quantitative estimate of drug-likeness (QED) is 0.677.